The van der Waals surface area contributed by atoms with E-state index in [2.05, 4.69) is 20.3 Å². The Morgan fingerprint density at radius 3 is 2.60 bits per heavy atom. The molecule has 61 valence electrons. The van der Waals surface area contributed by atoms with Crippen molar-refractivity contribution < 1.29 is 4.74 Å². The Kier molecular flexibility index (Phi) is 8.92. The highest BCUT2D eigenvalue weighted by Gasteiger charge is 1.86. The average Bonchev–Trinajstić information content (AvgIpc) is 1.97. The van der Waals surface area contributed by atoms with E-state index in [-0.39, 0.29) is 0 Å². The molecule has 0 spiro atoms. The highest BCUT2D eigenvalue weighted by Crippen LogP contribution is 1.94. The third-order valence-electron chi connectivity index (χ3n) is 1.42. The Hall–Kier alpha value is -0.0400. The zero-order valence-electron chi connectivity index (χ0n) is 7.23. The second-order valence-corrected chi connectivity index (χ2v) is 2.48. The minimum atomic E-state index is 0.834. The van der Waals surface area contributed by atoms with Crippen LogP contribution in [0.4, 0.5) is 0 Å². The van der Waals surface area contributed by atoms with Gasteiger partial charge >= 0.3 is 0 Å². The normalized spacial score (nSPS) is 10.2. The molecule has 0 N–H and O–H groups in total. The molecular formula is C9H19O. The third kappa shape index (κ3) is 7.96. The quantitative estimate of drug-likeness (QED) is 0.498. The van der Waals surface area contributed by atoms with Crippen LogP contribution in [0.2, 0.25) is 0 Å². The molecule has 1 radical (unpaired) electrons. The second kappa shape index (κ2) is 8.96. The van der Waals surface area contributed by atoms with Gasteiger partial charge in [-0.15, -0.1) is 0 Å². The van der Waals surface area contributed by atoms with E-state index in [9.17, 15) is 0 Å². The van der Waals surface area contributed by atoms with Gasteiger partial charge in [-0.2, -0.15) is 0 Å². The van der Waals surface area contributed by atoms with Gasteiger partial charge in [0.05, 0.1) is 0 Å². The summed E-state index contributed by atoms with van der Waals surface area (Å²) < 4.78 is 5.32. The molecule has 0 saturated heterocycles. The number of ether oxygens (including phenoxy) is 1. The minimum Gasteiger partial charge on any atom is -0.381 e. The summed E-state index contributed by atoms with van der Waals surface area (Å²) in [5.74, 6) is 0. The van der Waals surface area contributed by atoms with Crippen molar-refractivity contribution in [2.24, 2.45) is 0 Å². The van der Waals surface area contributed by atoms with Crippen LogP contribution in [0, 0.1) is 6.42 Å². The van der Waals surface area contributed by atoms with Crippen molar-refractivity contribution in [1.82, 2.24) is 0 Å². The Morgan fingerprint density at radius 1 is 1.20 bits per heavy atom. The van der Waals surface area contributed by atoms with Crippen LogP contribution in [-0.2, 0) is 4.74 Å². The van der Waals surface area contributed by atoms with Crippen molar-refractivity contribution in [2.45, 2.75) is 39.5 Å². The lowest BCUT2D eigenvalue weighted by molar-refractivity contribution is 0.148. The summed E-state index contributed by atoms with van der Waals surface area (Å²) in [4.78, 5) is 0. The van der Waals surface area contributed by atoms with Gasteiger partial charge in [-0.05, 0) is 12.8 Å². The van der Waals surface area contributed by atoms with Crippen molar-refractivity contribution in [1.29, 1.82) is 0 Å². The largest absolute Gasteiger partial charge is 0.381 e. The molecule has 1 nitrogen and oxygen atoms in total. The van der Waals surface area contributed by atoms with Crippen molar-refractivity contribution in [3.05, 3.63) is 6.42 Å². The van der Waals surface area contributed by atoms with Crippen LogP contribution in [0.5, 0.6) is 0 Å². The monoisotopic (exact) mass is 143 g/mol. The Balaban J connectivity index is 2.65. The van der Waals surface area contributed by atoms with E-state index >= 15 is 0 Å². The Bertz CT molecular complexity index is 44.7. The van der Waals surface area contributed by atoms with Crippen LogP contribution < -0.4 is 0 Å². The molecule has 0 aliphatic heterocycles. The predicted octanol–water partition coefficient (Wildman–Crippen LogP) is 2.81. The zero-order valence-corrected chi connectivity index (χ0v) is 7.23. The van der Waals surface area contributed by atoms with E-state index in [1.165, 1.54) is 19.3 Å². The van der Waals surface area contributed by atoms with Gasteiger partial charge in [0.25, 0.3) is 0 Å². The summed E-state index contributed by atoms with van der Waals surface area (Å²) in [7, 11) is 0. The van der Waals surface area contributed by atoms with Crippen LogP contribution in [-0.4, -0.2) is 13.2 Å². The average molecular weight is 143 g/mol. The van der Waals surface area contributed by atoms with Gasteiger partial charge in [-0.1, -0.05) is 33.1 Å². The van der Waals surface area contributed by atoms with Crippen LogP contribution in [0.15, 0.2) is 0 Å². The fourth-order valence-corrected chi connectivity index (χ4v) is 0.739. The molecule has 0 bridgehead atoms. The summed E-state index contributed by atoms with van der Waals surface area (Å²) in [6.07, 6.45) is 7.07. The maximum absolute atomic E-state index is 5.32. The van der Waals surface area contributed by atoms with E-state index in [4.69, 9.17) is 4.74 Å². The molecule has 0 aliphatic carbocycles. The lowest BCUT2D eigenvalue weighted by Crippen LogP contribution is -1.96. The summed E-state index contributed by atoms with van der Waals surface area (Å²) in [6.45, 7) is 6.11. The van der Waals surface area contributed by atoms with Gasteiger partial charge in [0.2, 0.25) is 0 Å². The van der Waals surface area contributed by atoms with E-state index in [0.717, 1.165) is 19.6 Å². The van der Waals surface area contributed by atoms with E-state index < -0.39 is 0 Å². The van der Waals surface area contributed by atoms with E-state index in [1.807, 2.05) is 0 Å². The lowest BCUT2D eigenvalue weighted by atomic mass is 10.3. The van der Waals surface area contributed by atoms with Crippen LogP contribution in [0.3, 0.4) is 0 Å². The fourth-order valence-electron chi connectivity index (χ4n) is 0.739. The number of unbranched alkanes of at least 4 members (excludes halogenated alkanes) is 3. The lowest BCUT2D eigenvalue weighted by Gasteiger charge is -2.00. The van der Waals surface area contributed by atoms with Gasteiger partial charge in [-0.3, -0.25) is 0 Å². The van der Waals surface area contributed by atoms with E-state index in [0.29, 0.717) is 0 Å². The molecule has 0 atom stereocenters. The zero-order chi connectivity index (χ0) is 7.66. The highest BCUT2D eigenvalue weighted by molar-refractivity contribution is 4.58. The van der Waals surface area contributed by atoms with Crippen LogP contribution in [0.1, 0.15) is 39.5 Å². The van der Waals surface area contributed by atoms with Crippen molar-refractivity contribution in [2.75, 3.05) is 13.2 Å². The molecule has 1 heteroatoms. The SMILES string of the molecule is CC[CH]COCCCCC. The molecule has 0 heterocycles. The third-order valence-corrected chi connectivity index (χ3v) is 1.42. The van der Waals surface area contributed by atoms with Crippen LogP contribution >= 0.6 is 0 Å². The second-order valence-electron chi connectivity index (χ2n) is 2.48. The topological polar surface area (TPSA) is 9.23 Å². The fraction of sp³-hybridized carbons (Fsp3) is 0.889. The first-order valence-electron chi connectivity index (χ1n) is 4.31. The van der Waals surface area contributed by atoms with Gasteiger partial charge < -0.3 is 4.74 Å². The van der Waals surface area contributed by atoms with Crippen molar-refractivity contribution >= 4 is 0 Å². The van der Waals surface area contributed by atoms with Gasteiger partial charge in [0, 0.05) is 13.2 Å². The highest BCUT2D eigenvalue weighted by atomic mass is 16.5. The summed E-state index contributed by atoms with van der Waals surface area (Å²) >= 11 is 0. The van der Waals surface area contributed by atoms with Crippen molar-refractivity contribution in [3.8, 4) is 0 Å². The molecule has 0 saturated carbocycles. The van der Waals surface area contributed by atoms with Crippen molar-refractivity contribution in [3.63, 3.8) is 0 Å². The molecule has 0 aromatic rings. The molecule has 0 amide bonds. The molecule has 0 aromatic heterocycles. The first-order valence-corrected chi connectivity index (χ1v) is 4.31. The maximum Gasteiger partial charge on any atom is 0.0497 e. The Morgan fingerprint density at radius 2 is 2.00 bits per heavy atom. The molecular weight excluding hydrogens is 124 g/mol. The smallest absolute Gasteiger partial charge is 0.0497 e. The number of hydrogen-bond donors (Lipinski definition) is 0. The molecule has 0 rings (SSSR count). The molecule has 0 aliphatic rings. The first kappa shape index (κ1) is 9.96. The molecule has 0 aromatic carbocycles. The van der Waals surface area contributed by atoms with Gasteiger partial charge in [0.1, 0.15) is 0 Å². The Labute approximate surface area is 64.8 Å². The minimum absolute atomic E-state index is 0.834. The molecule has 10 heavy (non-hydrogen) atoms. The maximum atomic E-state index is 5.32. The predicted molar refractivity (Wildman–Crippen MR) is 44.9 cm³/mol. The summed E-state index contributed by atoms with van der Waals surface area (Å²) in [5.41, 5.74) is 0. The van der Waals surface area contributed by atoms with Gasteiger partial charge in [0.15, 0.2) is 0 Å². The van der Waals surface area contributed by atoms with Gasteiger partial charge in [-0.25, -0.2) is 0 Å². The molecule has 0 fully saturated rings. The summed E-state index contributed by atoms with van der Waals surface area (Å²) in [5, 5.41) is 0. The molecule has 0 unspecified atom stereocenters. The number of rotatable bonds is 7. The van der Waals surface area contributed by atoms with E-state index in [1.54, 1.807) is 0 Å². The standard InChI is InChI=1S/C9H19O/c1-3-5-7-9-10-8-6-4-2/h6H,3-5,7-9H2,1-2H3. The number of hydrogen-bond acceptors (Lipinski definition) is 1. The summed E-state index contributed by atoms with van der Waals surface area (Å²) in [6, 6.07) is 0. The van der Waals surface area contributed by atoms with Crippen LogP contribution in [0.25, 0.3) is 0 Å². The first-order chi connectivity index (χ1) is 4.91.